The zero-order valence-electron chi connectivity index (χ0n) is 6.23. The van der Waals surface area contributed by atoms with Gasteiger partial charge in [0.05, 0.1) is 5.52 Å². The predicted molar refractivity (Wildman–Crippen MR) is 45.1 cm³/mol. The summed E-state index contributed by atoms with van der Waals surface area (Å²) in [4.78, 5) is 12.0. The van der Waals surface area contributed by atoms with Crippen LogP contribution in [0.5, 0.6) is 0 Å². The summed E-state index contributed by atoms with van der Waals surface area (Å²) in [5.41, 5.74) is 3.92. The summed E-state index contributed by atoms with van der Waals surface area (Å²) >= 11 is 0. The fraction of sp³-hybridized carbons (Fsp3) is 0. The zero-order valence-corrected chi connectivity index (χ0v) is 6.23. The summed E-state index contributed by atoms with van der Waals surface area (Å²) in [6.07, 6.45) is 3.12. The number of aromatic nitrogens is 3. The molecule has 0 fully saturated rings. The lowest BCUT2D eigenvalue weighted by Gasteiger charge is -2.00. The molecule has 0 aliphatic heterocycles. The molecule has 0 aliphatic carbocycles. The van der Waals surface area contributed by atoms with Crippen molar-refractivity contribution in [2.24, 2.45) is 5.84 Å². The first-order valence-corrected chi connectivity index (χ1v) is 3.44. The number of hydrogen-bond acceptors (Lipinski definition) is 5. The number of hydrazine groups is 1. The molecule has 0 amide bonds. The summed E-state index contributed by atoms with van der Waals surface area (Å²) in [5.74, 6) is 5.78. The van der Waals surface area contributed by atoms with Crippen LogP contribution in [0.3, 0.4) is 0 Å². The highest BCUT2D eigenvalue weighted by molar-refractivity contribution is 5.83. The Morgan fingerprint density at radius 2 is 2.17 bits per heavy atom. The normalized spacial score (nSPS) is 10.1. The van der Waals surface area contributed by atoms with E-state index < -0.39 is 0 Å². The molecule has 2 rings (SSSR count). The number of pyridine rings is 1. The zero-order chi connectivity index (χ0) is 8.39. The molecule has 0 aromatic carbocycles. The molecule has 0 saturated heterocycles. The maximum absolute atomic E-state index is 5.24. The molecular formula is C7H7N5. The third-order valence-electron chi connectivity index (χ3n) is 1.53. The first-order chi connectivity index (χ1) is 5.92. The quantitative estimate of drug-likeness (QED) is 0.465. The van der Waals surface area contributed by atoms with Gasteiger partial charge < -0.3 is 5.43 Å². The van der Waals surface area contributed by atoms with Crippen molar-refractivity contribution in [3.8, 4) is 0 Å². The van der Waals surface area contributed by atoms with Crippen LogP contribution in [0.1, 0.15) is 0 Å². The fourth-order valence-electron chi connectivity index (χ4n) is 0.999. The van der Waals surface area contributed by atoms with Crippen molar-refractivity contribution in [1.82, 2.24) is 15.0 Å². The molecule has 12 heavy (non-hydrogen) atoms. The van der Waals surface area contributed by atoms with E-state index in [9.17, 15) is 0 Å². The van der Waals surface area contributed by atoms with Crippen molar-refractivity contribution in [2.45, 2.75) is 0 Å². The van der Waals surface area contributed by atoms with Crippen LogP contribution in [0.4, 0.5) is 5.82 Å². The van der Waals surface area contributed by atoms with Gasteiger partial charge in [-0.15, -0.1) is 0 Å². The molecule has 0 unspecified atom stereocenters. The van der Waals surface area contributed by atoms with E-state index in [4.69, 9.17) is 5.84 Å². The summed E-state index contributed by atoms with van der Waals surface area (Å²) in [6.45, 7) is 0. The molecule has 2 aromatic rings. The number of nitrogen functional groups attached to an aromatic ring is 1. The minimum absolute atomic E-state index is 0.542. The van der Waals surface area contributed by atoms with E-state index in [0.29, 0.717) is 11.3 Å². The van der Waals surface area contributed by atoms with E-state index in [0.717, 1.165) is 5.52 Å². The number of nitrogens with zero attached hydrogens (tertiary/aromatic N) is 3. The molecular weight excluding hydrogens is 154 g/mol. The lowest BCUT2D eigenvalue weighted by molar-refractivity contribution is 1.16. The second-order valence-electron chi connectivity index (χ2n) is 2.24. The second-order valence-corrected chi connectivity index (χ2v) is 2.24. The summed E-state index contributed by atoms with van der Waals surface area (Å²) < 4.78 is 0. The number of nitrogens with two attached hydrogens (primary N) is 1. The third-order valence-corrected chi connectivity index (χ3v) is 1.53. The summed E-state index contributed by atoms with van der Waals surface area (Å²) in [5, 5.41) is 0. The first kappa shape index (κ1) is 6.93. The van der Waals surface area contributed by atoms with Gasteiger partial charge in [0.1, 0.15) is 11.8 Å². The average Bonchev–Trinajstić information content (AvgIpc) is 2.17. The van der Waals surface area contributed by atoms with Gasteiger partial charge in [0.2, 0.25) is 0 Å². The number of rotatable bonds is 1. The highest BCUT2D eigenvalue weighted by Crippen LogP contribution is 2.13. The van der Waals surface area contributed by atoms with Crippen LogP contribution in [-0.4, -0.2) is 15.0 Å². The van der Waals surface area contributed by atoms with Gasteiger partial charge >= 0.3 is 0 Å². The SMILES string of the molecule is NNc1ncnc2cccnc12. The van der Waals surface area contributed by atoms with E-state index in [1.165, 1.54) is 6.33 Å². The van der Waals surface area contributed by atoms with Crippen molar-refractivity contribution >= 4 is 16.9 Å². The highest BCUT2D eigenvalue weighted by atomic mass is 15.3. The van der Waals surface area contributed by atoms with E-state index >= 15 is 0 Å². The van der Waals surface area contributed by atoms with Crippen LogP contribution < -0.4 is 11.3 Å². The van der Waals surface area contributed by atoms with Gasteiger partial charge in [-0.2, -0.15) is 0 Å². The lowest BCUT2D eigenvalue weighted by Crippen LogP contribution is -2.09. The maximum Gasteiger partial charge on any atom is 0.169 e. The lowest BCUT2D eigenvalue weighted by atomic mass is 10.3. The van der Waals surface area contributed by atoms with Gasteiger partial charge in [0.25, 0.3) is 0 Å². The molecule has 0 radical (unpaired) electrons. The monoisotopic (exact) mass is 161 g/mol. The van der Waals surface area contributed by atoms with Gasteiger partial charge in [-0.25, -0.2) is 15.8 Å². The van der Waals surface area contributed by atoms with Crippen LogP contribution in [0, 0.1) is 0 Å². The Hall–Kier alpha value is -1.75. The largest absolute Gasteiger partial charge is 0.307 e. The average molecular weight is 161 g/mol. The number of hydrogen-bond donors (Lipinski definition) is 2. The first-order valence-electron chi connectivity index (χ1n) is 3.44. The van der Waals surface area contributed by atoms with E-state index in [-0.39, 0.29) is 0 Å². The molecule has 60 valence electrons. The Bertz CT molecular complexity index is 394. The summed E-state index contributed by atoms with van der Waals surface area (Å²) in [7, 11) is 0. The molecule has 2 aromatic heterocycles. The van der Waals surface area contributed by atoms with Crippen molar-refractivity contribution in [3.05, 3.63) is 24.7 Å². The van der Waals surface area contributed by atoms with Crippen LogP contribution in [-0.2, 0) is 0 Å². The second kappa shape index (κ2) is 2.71. The summed E-state index contributed by atoms with van der Waals surface area (Å²) in [6, 6.07) is 3.67. The van der Waals surface area contributed by atoms with Crippen molar-refractivity contribution in [3.63, 3.8) is 0 Å². The minimum atomic E-state index is 0.542. The van der Waals surface area contributed by atoms with E-state index in [1.54, 1.807) is 6.20 Å². The van der Waals surface area contributed by atoms with Crippen LogP contribution in [0.25, 0.3) is 11.0 Å². The number of anilines is 1. The Morgan fingerprint density at radius 1 is 1.25 bits per heavy atom. The highest BCUT2D eigenvalue weighted by Gasteiger charge is 2.00. The predicted octanol–water partition coefficient (Wildman–Crippen LogP) is 0.310. The molecule has 5 heteroatoms. The van der Waals surface area contributed by atoms with Crippen LogP contribution in [0.2, 0.25) is 0 Å². The molecule has 0 aliphatic rings. The molecule has 3 N–H and O–H groups in total. The molecule has 2 heterocycles. The third kappa shape index (κ3) is 0.960. The smallest absolute Gasteiger partial charge is 0.169 e. The standard InChI is InChI=1S/C7H7N5/c8-12-7-6-5(10-4-11-7)2-1-3-9-6/h1-4H,8H2,(H,10,11,12). The van der Waals surface area contributed by atoms with Crippen LogP contribution >= 0.6 is 0 Å². The maximum atomic E-state index is 5.24. The topological polar surface area (TPSA) is 76.7 Å². The Morgan fingerprint density at radius 3 is 3.00 bits per heavy atom. The van der Waals surface area contributed by atoms with E-state index in [1.807, 2.05) is 12.1 Å². The Kier molecular flexibility index (Phi) is 1.56. The Labute approximate surface area is 68.6 Å². The molecule has 0 bridgehead atoms. The molecule has 5 nitrogen and oxygen atoms in total. The molecule has 0 atom stereocenters. The van der Waals surface area contributed by atoms with Gasteiger partial charge in [-0.05, 0) is 12.1 Å². The van der Waals surface area contributed by atoms with Gasteiger partial charge in [-0.1, -0.05) is 0 Å². The molecule has 0 spiro atoms. The van der Waals surface area contributed by atoms with Crippen molar-refractivity contribution in [1.29, 1.82) is 0 Å². The van der Waals surface area contributed by atoms with Crippen molar-refractivity contribution < 1.29 is 0 Å². The van der Waals surface area contributed by atoms with Gasteiger partial charge in [-0.3, -0.25) is 4.98 Å². The van der Waals surface area contributed by atoms with Gasteiger partial charge in [0.15, 0.2) is 5.82 Å². The minimum Gasteiger partial charge on any atom is -0.307 e. The van der Waals surface area contributed by atoms with E-state index in [2.05, 4.69) is 20.4 Å². The van der Waals surface area contributed by atoms with Crippen LogP contribution in [0.15, 0.2) is 24.7 Å². The fourth-order valence-corrected chi connectivity index (χ4v) is 0.999. The number of nitrogens with one attached hydrogen (secondary N) is 1. The molecule has 0 saturated carbocycles. The van der Waals surface area contributed by atoms with Crippen molar-refractivity contribution in [2.75, 3.05) is 5.43 Å². The Balaban J connectivity index is 2.79. The number of fused-ring (bicyclic) bond motifs is 1. The van der Waals surface area contributed by atoms with Gasteiger partial charge in [0, 0.05) is 6.20 Å².